The number of nitrogens with one attached hydrogen (secondary N) is 2. The summed E-state index contributed by atoms with van der Waals surface area (Å²) in [5, 5.41) is 6.60. The second kappa shape index (κ2) is 8.73. The van der Waals surface area contributed by atoms with Crippen LogP contribution in [-0.2, 0) is 14.3 Å². The first kappa shape index (κ1) is 19.7. The van der Waals surface area contributed by atoms with Crippen molar-refractivity contribution in [2.75, 3.05) is 13.2 Å². The Morgan fingerprint density at radius 2 is 2.07 bits per heavy atom. The summed E-state index contributed by atoms with van der Waals surface area (Å²) in [4.78, 5) is 37.8. The molecule has 2 N–H and O–H groups in total. The summed E-state index contributed by atoms with van der Waals surface area (Å²) in [6.45, 7) is 4.55. The van der Waals surface area contributed by atoms with E-state index in [0.29, 0.717) is 24.3 Å². The Balaban J connectivity index is 1.69. The number of thiophene rings is 1. The molecule has 1 saturated heterocycles. The van der Waals surface area contributed by atoms with Crippen LogP contribution in [0.1, 0.15) is 36.4 Å². The number of imide groups is 1. The SMILES string of the molecule is CC(C)C[C@H](N[C@@H]1CCOCC1=O)C(=O)NC(=O)c1cc2ccccc2s1. The van der Waals surface area contributed by atoms with Crippen LogP contribution in [0.3, 0.4) is 0 Å². The normalized spacial score (nSPS) is 18.6. The third-order valence-corrected chi connectivity index (χ3v) is 5.61. The van der Waals surface area contributed by atoms with Gasteiger partial charge in [-0.05, 0) is 36.3 Å². The fourth-order valence-electron chi connectivity index (χ4n) is 3.13. The lowest BCUT2D eigenvalue weighted by atomic mass is 9.99. The monoisotopic (exact) mass is 388 g/mol. The molecule has 27 heavy (non-hydrogen) atoms. The number of benzene rings is 1. The first-order valence-corrected chi connectivity index (χ1v) is 9.96. The van der Waals surface area contributed by atoms with Crippen LogP contribution in [0, 0.1) is 5.92 Å². The van der Waals surface area contributed by atoms with Crippen molar-refractivity contribution in [2.24, 2.45) is 5.92 Å². The van der Waals surface area contributed by atoms with Gasteiger partial charge in [0.15, 0.2) is 5.78 Å². The molecule has 0 aliphatic carbocycles. The van der Waals surface area contributed by atoms with Crippen LogP contribution in [0.4, 0.5) is 0 Å². The van der Waals surface area contributed by atoms with Crippen molar-refractivity contribution < 1.29 is 19.1 Å². The first-order valence-electron chi connectivity index (χ1n) is 9.14. The number of Topliss-reactive ketones (excluding diaryl/α,β-unsaturated/α-hetero) is 1. The highest BCUT2D eigenvalue weighted by atomic mass is 32.1. The number of amides is 2. The van der Waals surface area contributed by atoms with Gasteiger partial charge in [-0.1, -0.05) is 32.0 Å². The zero-order valence-electron chi connectivity index (χ0n) is 15.5. The number of carbonyl (C=O) groups excluding carboxylic acids is 3. The lowest BCUT2D eigenvalue weighted by molar-refractivity contribution is -0.131. The number of ether oxygens (including phenoxy) is 1. The fourth-order valence-corrected chi connectivity index (χ4v) is 4.09. The van der Waals surface area contributed by atoms with Crippen molar-refractivity contribution in [3.63, 3.8) is 0 Å². The Morgan fingerprint density at radius 3 is 2.78 bits per heavy atom. The second-order valence-electron chi connectivity index (χ2n) is 7.18. The molecule has 3 rings (SSSR count). The molecule has 0 bridgehead atoms. The fraction of sp³-hybridized carbons (Fsp3) is 0.450. The summed E-state index contributed by atoms with van der Waals surface area (Å²) < 4.78 is 6.14. The van der Waals surface area contributed by atoms with Gasteiger partial charge in [0.1, 0.15) is 6.61 Å². The maximum absolute atomic E-state index is 12.7. The molecule has 2 heterocycles. The van der Waals surface area contributed by atoms with Crippen LogP contribution in [0.15, 0.2) is 30.3 Å². The van der Waals surface area contributed by atoms with E-state index >= 15 is 0 Å². The van der Waals surface area contributed by atoms with Crippen molar-refractivity contribution in [1.82, 2.24) is 10.6 Å². The maximum atomic E-state index is 12.7. The van der Waals surface area contributed by atoms with Gasteiger partial charge in [0, 0.05) is 11.3 Å². The highest BCUT2D eigenvalue weighted by Crippen LogP contribution is 2.25. The molecule has 1 aliphatic rings. The summed E-state index contributed by atoms with van der Waals surface area (Å²) >= 11 is 1.35. The molecule has 2 amide bonds. The number of hydrogen-bond donors (Lipinski definition) is 2. The van der Waals surface area contributed by atoms with Crippen LogP contribution in [0.2, 0.25) is 0 Å². The number of fused-ring (bicyclic) bond motifs is 1. The van der Waals surface area contributed by atoms with Crippen LogP contribution < -0.4 is 10.6 Å². The highest BCUT2D eigenvalue weighted by molar-refractivity contribution is 7.20. The number of ketones is 1. The highest BCUT2D eigenvalue weighted by Gasteiger charge is 2.30. The van der Waals surface area contributed by atoms with E-state index in [4.69, 9.17) is 4.74 Å². The number of carbonyl (C=O) groups is 3. The van der Waals surface area contributed by atoms with E-state index in [2.05, 4.69) is 10.6 Å². The van der Waals surface area contributed by atoms with Crippen molar-refractivity contribution in [2.45, 2.75) is 38.8 Å². The lowest BCUT2D eigenvalue weighted by Crippen LogP contribution is -2.54. The second-order valence-corrected chi connectivity index (χ2v) is 8.26. The van der Waals surface area contributed by atoms with Crippen LogP contribution >= 0.6 is 11.3 Å². The van der Waals surface area contributed by atoms with Gasteiger partial charge in [-0.25, -0.2) is 0 Å². The third kappa shape index (κ3) is 5.00. The molecule has 2 aromatic rings. The smallest absolute Gasteiger partial charge is 0.267 e. The molecular formula is C20H24N2O4S. The van der Waals surface area contributed by atoms with Crippen LogP contribution in [0.25, 0.3) is 10.1 Å². The molecule has 0 radical (unpaired) electrons. The van der Waals surface area contributed by atoms with Gasteiger partial charge in [-0.2, -0.15) is 0 Å². The summed E-state index contributed by atoms with van der Waals surface area (Å²) in [5.41, 5.74) is 0. The van der Waals surface area contributed by atoms with Gasteiger partial charge in [0.05, 0.1) is 17.0 Å². The van der Waals surface area contributed by atoms with E-state index in [9.17, 15) is 14.4 Å². The van der Waals surface area contributed by atoms with E-state index in [1.807, 2.05) is 38.1 Å². The number of rotatable bonds is 6. The van der Waals surface area contributed by atoms with E-state index in [1.165, 1.54) is 11.3 Å². The minimum atomic E-state index is -0.602. The van der Waals surface area contributed by atoms with E-state index < -0.39 is 23.9 Å². The van der Waals surface area contributed by atoms with Crippen LogP contribution in [-0.4, -0.2) is 42.9 Å². The molecule has 0 spiro atoms. The van der Waals surface area contributed by atoms with E-state index in [1.54, 1.807) is 6.07 Å². The van der Waals surface area contributed by atoms with Gasteiger partial charge in [0.2, 0.25) is 5.91 Å². The zero-order valence-corrected chi connectivity index (χ0v) is 16.3. The topological polar surface area (TPSA) is 84.5 Å². The Kier molecular flexibility index (Phi) is 6.36. The lowest BCUT2D eigenvalue weighted by Gasteiger charge is -2.27. The van der Waals surface area contributed by atoms with Crippen molar-refractivity contribution >= 4 is 39.0 Å². The third-order valence-electron chi connectivity index (χ3n) is 4.50. The maximum Gasteiger partial charge on any atom is 0.267 e. The predicted octanol–water partition coefficient (Wildman–Crippen LogP) is 2.52. The summed E-state index contributed by atoms with van der Waals surface area (Å²) in [6, 6.07) is 8.48. The average molecular weight is 388 g/mol. The Hall–Kier alpha value is -2.09. The zero-order chi connectivity index (χ0) is 19.4. The average Bonchev–Trinajstić information content (AvgIpc) is 3.07. The van der Waals surface area contributed by atoms with Crippen molar-refractivity contribution in [3.05, 3.63) is 35.2 Å². The molecule has 6 nitrogen and oxygen atoms in total. The molecule has 1 fully saturated rings. The summed E-state index contributed by atoms with van der Waals surface area (Å²) in [7, 11) is 0. The van der Waals surface area contributed by atoms with Gasteiger partial charge in [-0.15, -0.1) is 11.3 Å². The number of hydrogen-bond acceptors (Lipinski definition) is 6. The minimum Gasteiger partial charge on any atom is -0.374 e. The quantitative estimate of drug-likeness (QED) is 0.794. The van der Waals surface area contributed by atoms with Crippen molar-refractivity contribution in [3.8, 4) is 0 Å². The predicted molar refractivity (Wildman–Crippen MR) is 105 cm³/mol. The van der Waals surface area contributed by atoms with Crippen LogP contribution in [0.5, 0.6) is 0 Å². The summed E-state index contributed by atoms with van der Waals surface area (Å²) in [5.74, 6) is -0.623. The van der Waals surface area contributed by atoms with E-state index in [0.717, 1.165) is 10.1 Å². The molecule has 1 aromatic heterocycles. The Bertz CT molecular complexity index is 812. The molecule has 7 heteroatoms. The van der Waals surface area contributed by atoms with E-state index in [-0.39, 0.29) is 18.3 Å². The van der Waals surface area contributed by atoms with Crippen molar-refractivity contribution in [1.29, 1.82) is 0 Å². The largest absolute Gasteiger partial charge is 0.374 e. The van der Waals surface area contributed by atoms with Gasteiger partial charge >= 0.3 is 0 Å². The summed E-state index contributed by atoms with van der Waals surface area (Å²) in [6.07, 6.45) is 1.07. The Labute approximate surface area is 162 Å². The molecule has 144 valence electrons. The first-order chi connectivity index (χ1) is 12.9. The Morgan fingerprint density at radius 1 is 1.30 bits per heavy atom. The minimum absolute atomic E-state index is 0.0568. The molecular weight excluding hydrogens is 364 g/mol. The molecule has 1 aromatic carbocycles. The molecule has 0 saturated carbocycles. The molecule has 0 unspecified atom stereocenters. The van der Waals surface area contributed by atoms with Gasteiger partial charge < -0.3 is 4.74 Å². The van der Waals surface area contributed by atoms with Gasteiger partial charge in [-0.3, -0.25) is 25.0 Å². The standard InChI is InChI=1S/C20H24N2O4S/c1-12(2)9-15(21-14-7-8-26-11-16(14)23)19(24)22-20(25)18-10-13-5-3-4-6-17(13)27-18/h3-6,10,12,14-15,21H,7-9,11H2,1-2H3,(H,22,24,25)/t14-,15+/m1/s1. The molecule has 2 atom stereocenters. The van der Waals surface area contributed by atoms with Gasteiger partial charge in [0.25, 0.3) is 5.91 Å². The molecule has 1 aliphatic heterocycles.